The minimum absolute atomic E-state index is 0.144. The summed E-state index contributed by atoms with van der Waals surface area (Å²) in [6.45, 7) is 2.25. The average molecular weight is 363 g/mol. The molecule has 2 aromatic rings. The summed E-state index contributed by atoms with van der Waals surface area (Å²) in [5.74, 6) is -0.346. The SMILES string of the molecule is O=C(Oc1ccc(Cl)cc1)c1cc([N+](=O)[O-])ccc1N1CCOCC1. The Kier molecular flexibility index (Phi) is 5.16. The van der Waals surface area contributed by atoms with E-state index in [1.165, 1.54) is 12.1 Å². The number of hydrogen-bond acceptors (Lipinski definition) is 6. The number of nitrogens with zero attached hydrogens (tertiary/aromatic N) is 2. The van der Waals surface area contributed by atoms with Gasteiger partial charge >= 0.3 is 5.97 Å². The second kappa shape index (κ2) is 7.50. The highest BCUT2D eigenvalue weighted by atomic mass is 35.5. The summed E-state index contributed by atoms with van der Waals surface area (Å²) in [6.07, 6.45) is 0. The maximum absolute atomic E-state index is 12.6. The molecule has 8 heteroatoms. The largest absolute Gasteiger partial charge is 0.423 e. The van der Waals surface area contributed by atoms with Crippen molar-refractivity contribution in [1.29, 1.82) is 0 Å². The van der Waals surface area contributed by atoms with Crippen LogP contribution in [0.4, 0.5) is 11.4 Å². The Labute approximate surface area is 148 Å². The normalized spacial score (nSPS) is 14.2. The number of carbonyl (C=O) groups is 1. The van der Waals surface area contributed by atoms with Gasteiger partial charge in [0.05, 0.1) is 29.4 Å². The van der Waals surface area contributed by atoms with Crippen molar-refractivity contribution in [2.24, 2.45) is 0 Å². The molecular weight excluding hydrogens is 348 g/mol. The van der Waals surface area contributed by atoms with E-state index in [9.17, 15) is 14.9 Å². The molecule has 1 fully saturated rings. The standard InChI is InChI=1S/C17H15ClN2O5/c18-12-1-4-14(5-2-12)25-17(21)15-11-13(20(22)23)3-6-16(15)19-7-9-24-10-8-19/h1-6,11H,7-10H2. The predicted octanol–water partition coefficient (Wildman–Crippen LogP) is 3.30. The van der Waals surface area contributed by atoms with Gasteiger partial charge in [-0.05, 0) is 30.3 Å². The van der Waals surface area contributed by atoms with Gasteiger partial charge in [0.2, 0.25) is 0 Å². The summed E-state index contributed by atoms with van der Waals surface area (Å²) in [7, 11) is 0. The minimum Gasteiger partial charge on any atom is -0.423 e. The highest BCUT2D eigenvalue weighted by molar-refractivity contribution is 6.30. The third-order valence-electron chi connectivity index (χ3n) is 3.79. The molecule has 1 heterocycles. The van der Waals surface area contributed by atoms with Crippen LogP contribution in [0.1, 0.15) is 10.4 Å². The van der Waals surface area contributed by atoms with Gasteiger partial charge in [0.1, 0.15) is 5.75 Å². The van der Waals surface area contributed by atoms with E-state index < -0.39 is 10.9 Å². The lowest BCUT2D eigenvalue weighted by Crippen LogP contribution is -2.37. The van der Waals surface area contributed by atoms with Crippen LogP contribution in [-0.4, -0.2) is 37.2 Å². The zero-order chi connectivity index (χ0) is 17.8. The quantitative estimate of drug-likeness (QED) is 0.359. The average Bonchev–Trinajstić information content (AvgIpc) is 2.63. The van der Waals surface area contributed by atoms with Crippen LogP contribution in [0.5, 0.6) is 5.75 Å². The number of halogens is 1. The Morgan fingerprint density at radius 1 is 1.16 bits per heavy atom. The smallest absolute Gasteiger partial charge is 0.345 e. The van der Waals surface area contributed by atoms with Crippen LogP contribution in [0.3, 0.4) is 0 Å². The van der Waals surface area contributed by atoms with Crippen LogP contribution in [0.25, 0.3) is 0 Å². The van der Waals surface area contributed by atoms with Gasteiger partial charge in [0.25, 0.3) is 5.69 Å². The zero-order valence-electron chi connectivity index (χ0n) is 13.2. The first kappa shape index (κ1) is 17.2. The van der Waals surface area contributed by atoms with Crippen molar-refractivity contribution >= 4 is 28.9 Å². The fraction of sp³-hybridized carbons (Fsp3) is 0.235. The molecule has 1 aliphatic rings. The maximum atomic E-state index is 12.6. The number of benzene rings is 2. The Balaban J connectivity index is 1.92. The molecular formula is C17H15ClN2O5. The van der Waals surface area contributed by atoms with Crippen molar-refractivity contribution in [2.75, 3.05) is 31.2 Å². The molecule has 2 aromatic carbocycles. The lowest BCUT2D eigenvalue weighted by atomic mass is 10.1. The number of rotatable bonds is 4. The van der Waals surface area contributed by atoms with Crippen LogP contribution in [0.2, 0.25) is 5.02 Å². The Morgan fingerprint density at radius 2 is 1.84 bits per heavy atom. The van der Waals surface area contributed by atoms with Gasteiger partial charge in [-0.15, -0.1) is 0 Å². The van der Waals surface area contributed by atoms with Gasteiger partial charge in [-0.25, -0.2) is 4.79 Å². The minimum atomic E-state index is -0.660. The molecule has 0 atom stereocenters. The van der Waals surface area contributed by atoms with Gasteiger partial charge in [0, 0.05) is 30.2 Å². The molecule has 130 valence electrons. The van der Waals surface area contributed by atoms with E-state index in [2.05, 4.69) is 0 Å². The number of hydrogen-bond donors (Lipinski definition) is 0. The molecule has 0 amide bonds. The van der Waals surface area contributed by atoms with E-state index in [1.54, 1.807) is 30.3 Å². The molecule has 1 saturated heterocycles. The molecule has 1 aliphatic heterocycles. The third-order valence-corrected chi connectivity index (χ3v) is 4.04. The molecule has 0 bridgehead atoms. The third kappa shape index (κ3) is 4.07. The van der Waals surface area contributed by atoms with Crippen molar-refractivity contribution < 1.29 is 19.2 Å². The molecule has 0 saturated carbocycles. The number of carbonyl (C=O) groups excluding carboxylic acids is 1. The number of nitro groups is 1. The molecule has 0 radical (unpaired) electrons. The zero-order valence-corrected chi connectivity index (χ0v) is 13.9. The highest BCUT2D eigenvalue weighted by Crippen LogP contribution is 2.28. The topological polar surface area (TPSA) is 81.9 Å². The van der Waals surface area contributed by atoms with Crippen LogP contribution < -0.4 is 9.64 Å². The van der Waals surface area contributed by atoms with Crippen molar-refractivity contribution in [3.8, 4) is 5.75 Å². The van der Waals surface area contributed by atoms with E-state index in [1.807, 2.05) is 4.90 Å². The monoisotopic (exact) mass is 362 g/mol. The Morgan fingerprint density at radius 3 is 2.48 bits per heavy atom. The van der Waals surface area contributed by atoms with Gasteiger partial charge in [-0.1, -0.05) is 11.6 Å². The molecule has 0 unspecified atom stereocenters. The maximum Gasteiger partial charge on any atom is 0.345 e. The Hall–Kier alpha value is -2.64. The van der Waals surface area contributed by atoms with E-state index in [0.717, 1.165) is 0 Å². The van der Waals surface area contributed by atoms with Gasteiger partial charge in [0.15, 0.2) is 0 Å². The summed E-state index contributed by atoms with van der Waals surface area (Å²) in [5.41, 5.74) is 0.568. The molecule has 0 N–H and O–H groups in total. The fourth-order valence-corrected chi connectivity index (χ4v) is 2.67. The first-order valence-electron chi connectivity index (χ1n) is 7.63. The van der Waals surface area contributed by atoms with Crippen LogP contribution in [0, 0.1) is 10.1 Å². The highest BCUT2D eigenvalue weighted by Gasteiger charge is 2.23. The fourth-order valence-electron chi connectivity index (χ4n) is 2.55. The number of nitro benzene ring substituents is 1. The van der Waals surface area contributed by atoms with E-state index in [4.69, 9.17) is 21.1 Å². The predicted molar refractivity (Wildman–Crippen MR) is 92.5 cm³/mol. The lowest BCUT2D eigenvalue weighted by Gasteiger charge is -2.30. The van der Waals surface area contributed by atoms with Crippen molar-refractivity contribution in [3.05, 3.63) is 63.2 Å². The first-order chi connectivity index (χ1) is 12.0. The number of ether oxygens (including phenoxy) is 2. The van der Waals surface area contributed by atoms with Crippen molar-refractivity contribution in [2.45, 2.75) is 0 Å². The van der Waals surface area contributed by atoms with E-state index in [-0.39, 0.29) is 11.3 Å². The number of non-ortho nitro benzene ring substituents is 1. The Bertz CT molecular complexity index is 788. The molecule has 25 heavy (non-hydrogen) atoms. The van der Waals surface area contributed by atoms with Crippen LogP contribution in [0.15, 0.2) is 42.5 Å². The van der Waals surface area contributed by atoms with Gasteiger partial charge < -0.3 is 14.4 Å². The molecule has 0 aliphatic carbocycles. The van der Waals surface area contributed by atoms with Crippen molar-refractivity contribution in [1.82, 2.24) is 0 Å². The summed E-state index contributed by atoms with van der Waals surface area (Å²) in [4.78, 5) is 25.1. The number of morpholine rings is 1. The summed E-state index contributed by atoms with van der Waals surface area (Å²) >= 11 is 5.81. The number of anilines is 1. The number of esters is 1. The molecule has 3 rings (SSSR count). The summed E-state index contributed by atoms with van der Waals surface area (Å²) in [6, 6.07) is 10.5. The van der Waals surface area contributed by atoms with E-state index >= 15 is 0 Å². The molecule has 0 aromatic heterocycles. The van der Waals surface area contributed by atoms with E-state index in [0.29, 0.717) is 42.8 Å². The second-order valence-electron chi connectivity index (χ2n) is 5.40. The first-order valence-corrected chi connectivity index (χ1v) is 8.01. The van der Waals surface area contributed by atoms with Crippen LogP contribution in [-0.2, 0) is 4.74 Å². The van der Waals surface area contributed by atoms with Crippen molar-refractivity contribution in [3.63, 3.8) is 0 Å². The van der Waals surface area contributed by atoms with Gasteiger partial charge in [-0.2, -0.15) is 0 Å². The molecule has 7 nitrogen and oxygen atoms in total. The van der Waals surface area contributed by atoms with Gasteiger partial charge in [-0.3, -0.25) is 10.1 Å². The molecule has 0 spiro atoms. The summed E-state index contributed by atoms with van der Waals surface area (Å²) in [5, 5.41) is 11.6. The van der Waals surface area contributed by atoms with Crippen LogP contribution >= 0.6 is 11.6 Å². The summed E-state index contributed by atoms with van der Waals surface area (Å²) < 4.78 is 10.7. The second-order valence-corrected chi connectivity index (χ2v) is 5.84. The lowest BCUT2D eigenvalue weighted by molar-refractivity contribution is -0.384.